The van der Waals surface area contributed by atoms with Crippen LogP contribution in [0.4, 0.5) is 0 Å². The zero-order valence-corrected chi connectivity index (χ0v) is 10.4. The Kier molecular flexibility index (Phi) is 2.11. The summed E-state index contributed by atoms with van der Waals surface area (Å²) < 4.78 is 2.33. The predicted molar refractivity (Wildman–Crippen MR) is 66.2 cm³/mol. The van der Waals surface area contributed by atoms with Crippen LogP contribution in [0.3, 0.4) is 0 Å². The molecule has 1 amide bonds. The number of fused-ring (bicyclic) bond motifs is 1. The minimum Gasteiger partial charge on any atom is -0.386 e. The van der Waals surface area contributed by atoms with E-state index in [0.717, 1.165) is 4.88 Å². The Morgan fingerprint density at radius 1 is 1.50 bits per heavy atom. The van der Waals surface area contributed by atoms with Crippen molar-refractivity contribution in [2.75, 3.05) is 13.1 Å². The lowest BCUT2D eigenvalue weighted by Crippen LogP contribution is -2.61. The van der Waals surface area contributed by atoms with E-state index in [1.807, 2.05) is 17.5 Å². The summed E-state index contributed by atoms with van der Waals surface area (Å²) in [7, 11) is 0. The summed E-state index contributed by atoms with van der Waals surface area (Å²) in [5.41, 5.74) is -0.690. The molecule has 0 unspecified atom stereocenters. The molecule has 1 aliphatic heterocycles. The van der Waals surface area contributed by atoms with Crippen molar-refractivity contribution in [1.82, 2.24) is 4.90 Å². The van der Waals surface area contributed by atoms with Crippen LogP contribution in [0, 0.1) is 0 Å². The molecule has 1 fully saturated rings. The molecule has 16 heavy (non-hydrogen) atoms. The Bertz CT molecular complexity index is 519. The van der Waals surface area contributed by atoms with Gasteiger partial charge in [0.05, 0.1) is 23.6 Å². The van der Waals surface area contributed by atoms with Crippen LogP contribution in [-0.2, 0) is 0 Å². The van der Waals surface area contributed by atoms with Crippen molar-refractivity contribution in [3.05, 3.63) is 22.4 Å². The number of nitrogens with zero attached hydrogens (tertiary/aromatic N) is 1. The normalized spacial score (nSPS) is 18.8. The number of aliphatic hydroxyl groups is 1. The molecule has 0 saturated carbocycles. The van der Waals surface area contributed by atoms with E-state index in [9.17, 15) is 9.90 Å². The molecular weight excluding hydrogens is 242 g/mol. The third kappa shape index (κ3) is 1.55. The maximum Gasteiger partial charge on any atom is 0.264 e. The third-order valence-corrected chi connectivity index (χ3v) is 4.78. The van der Waals surface area contributed by atoms with Crippen LogP contribution >= 0.6 is 22.7 Å². The third-order valence-electron chi connectivity index (χ3n) is 2.70. The maximum absolute atomic E-state index is 12.0. The number of amides is 1. The smallest absolute Gasteiger partial charge is 0.264 e. The molecule has 0 aliphatic carbocycles. The van der Waals surface area contributed by atoms with Gasteiger partial charge in [-0.2, -0.15) is 0 Å². The lowest BCUT2D eigenvalue weighted by atomic mass is 9.97. The Morgan fingerprint density at radius 2 is 2.25 bits per heavy atom. The number of hydrogen-bond donors (Lipinski definition) is 1. The highest BCUT2D eigenvalue weighted by Gasteiger charge is 2.40. The molecule has 0 bridgehead atoms. The van der Waals surface area contributed by atoms with Crippen molar-refractivity contribution in [2.45, 2.75) is 12.5 Å². The largest absolute Gasteiger partial charge is 0.386 e. The van der Waals surface area contributed by atoms with Crippen molar-refractivity contribution >= 4 is 38.0 Å². The first-order valence-corrected chi connectivity index (χ1v) is 6.73. The Morgan fingerprint density at radius 3 is 2.88 bits per heavy atom. The van der Waals surface area contributed by atoms with Crippen LogP contribution in [0.1, 0.15) is 16.6 Å². The number of thiophene rings is 2. The highest BCUT2D eigenvalue weighted by Crippen LogP contribution is 2.32. The van der Waals surface area contributed by atoms with Gasteiger partial charge in [0.2, 0.25) is 0 Å². The number of rotatable bonds is 1. The molecule has 2 aromatic heterocycles. The van der Waals surface area contributed by atoms with Crippen molar-refractivity contribution in [3.63, 3.8) is 0 Å². The van der Waals surface area contributed by atoms with E-state index in [1.165, 1.54) is 20.7 Å². The first-order chi connectivity index (χ1) is 7.55. The van der Waals surface area contributed by atoms with E-state index >= 15 is 0 Å². The first-order valence-electron chi connectivity index (χ1n) is 5.04. The molecule has 3 heterocycles. The zero-order valence-electron chi connectivity index (χ0n) is 8.77. The Labute approximate surface area is 101 Å². The molecule has 3 nitrogen and oxygen atoms in total. The lowest BCUT2D eigenvalue weighted by molar-refractivity contribution is -0.0666. The van der Waals surface area contributed by atoms with Crippen molar-refractivity contribution in [2.24, 2.45) is 0 Å². The van der Waals surface area contributed by atoms with Crippen LogP contribution in [0.2, 0.25) is 0 Å². The molecule has 0 aromatic carbocycles. The Hall–Kier alpha value is -0.910. The molecule has 0 radical (unpaired) electrons. The highest BCUT2D eigenvalue weighted by atomic mass is 32.1. The fourth-order valence-corrected chi connectivity index (χ4v) is 4.02. The average molecular weight is 253 g/mol. The molecule has 1 saturated heterocycles. The number of carbonyl (C=O) groups excluding carboxylic acids is 1. The van der Waals surface area contributed by atoms with Gasteiger partial charge in [-0.15, -0.1) is 22.7 Å². The number of β-amino-alcohol motifs (C(OH)–C–C–N with tert-alkyl or cyclic N) is 1. The average Bonchev–Trinajstić information content (AvgIpc) is 2.71. The number of carbonyl (C=O) groups is 1. The number of hydrogen-bond acceptors (Lipinski definition) is 4. The molecule has 5 heteroatoms. The van der Waals surface area contributed by atoms with E-state index in [0.29, 0.717) is 13.1 Å². The van der Waals surface area contributed by atoms with Gasteiger partial charge in [0, 0.05) is 9.40 Å². The standard InChI is InChI=1S/C11H11NO2S2/c1-11(14)5-12(6-11)10(13)9-4-8-7(16-9)2-3-15-8/h2-4,14H,5-6H2,1H3. The summed E-state index contributed by atoms with van der Waals surface area (Å²) in [6.45, 7) is 2.64. The summed E-state index contributed by atoms with van der Waals surface area (Å²) >= 11 is 3.18. The van der Waals surface area contributed by atoms with E-state index in [-0.39, 0.29) is 5.91 Å². The van der Waals surface area contributed by atoms with E-state index in [4.69, 9.17) is 0 Å². The van der Waals surface area contributed by atoms with Crippen LogP contribution in [0.15, 0.2) is 17.5 Å². The summed E-state index contributed by atoms with van der Waals surface area (Å²) in [6.07, 6.45) is 0. The van der Waals surface area contributed by atoms with Gasteiger partial charge in [-0.1, -0.05) is 0 Å². The van der Waals surface area contributed by atoms with Gasteiger partial charge >= 0.3 is 0 Å². The fraction of sp³-hybridized carbons (Fsp3) is 0.364. The SMILES string of the molecule is CC1(O)CN(C(=O)c2cc3sccc3s2)C1. The Balaban J connectivity index is 1.83. The maximum atomic E-state index is 12.0. The summed E-state index contributed by atoms with van der Waals surface area (Å²) in [4.78, 5) is 14.5. The monoisotopic (exact) mass is 253 g/mol. The van der Waals surface area contributed by atoms with E-state index < -0.39 is 5.60 Å². The molecule has 0 atom stereocenters. The second kappa shape index (κ2) is 3.29. The first kappa shape index (κ1) is 10.3. The minimum absolute atomic E-state index is 0.0416. The predicted octanol–water partition coefficient (Wildman–Crippen LogP) is 2.17. The number of likely N-dealkylation sites (tertiary alicyclic amines) is 1. The van der Waals surface area contributed by atoms with Gasteiger partial charge < -0.3 is 10.0 Å². The van der Waals surface area contributed by atoms with Crippen LogP contribution in [-0.4, -0.2) is 34.6 Å². The molecule has 1 N–H and O–H groups in total. The van der Waals surface area contributed by atoms with Crippen LogP contribution < -0.4 is 0 Å². The lowest BCUT2D eigenvalue weighted by Gasteiger charge is -2.43. The minimum atomic E-state index is -0.690. The molecular formula is C11H11NO2S2. The van der Waals surface area contributed by atoms with E-state index in [1.54, 1.807) is 23.2 Å². The second-order valence-corrected chi connectivity index (χ2v) is 6.45. The molecule has 1 aliphatic rings. The van der Waals surface area contributed by atoms with Gasteiger partial charge in [0.1, 0.15) is 0 Å². The van der Waals surface area contributed by atoms with Gasteiger partial charge in [-0.05, 0) is 24.4 Å². The molecule has 2 aromatic rings. The van der Waals surface area contributed by atoms with E-state index in [2.05, 4.69) is 0 Å². The fourth-order valence-electron chi connectivity index (χ4n) is 1.95. The topological polar surface area (TPSA) is 40.5 Å². The van der Waals surface area contributed by atoms with Crippen LogP contribution in [0.5, 0.6) is 0 Å². The van der Waals surface area contributed by atoms with Gasteiger partial charge in [-0.3, -0.25) is 4.79 Å². The quantitative estimate of drug-likeness (QED) is 0.846. The summed E-state index contributed by atoms with van der Waals surface area (Å²) in [5, 5.41) is 11.6. The molecule has 84 valence electrons. The highest BCUT2D eigenvalue weighted by molar-refractivity contribution is 7.27. The van der Waals surface area contributed by atoms with Crippen molar-refractivity contribution in [3.8, 4) is 0 Å². The van der Waals surface area contributed by atoms with Crippen molar-refractivity contribution in [1.29, 1.82) is 0 Å². The van der Waals surface area contributed by atoms with Gasteiger partial charge in [0.25, 0.3) is 5.91 Å². The summed E-state index contributed by atoms with van der Waals surface area (Å²) in [5.74, 6) is 0.0416. The van der Waals surface area contributed by atoms with Gasteiger partial charge in [0.15, 0.2) is 0 Å². The van der Waals surface area contributed by atoms with Gasteiger partial charge in [-0.25, -0.2) is 0 Å². The summed E-state index contributed by atoms with van der Waals surface area (Å²) in [6, 6.07) is 3.98. The molecule has 3 rings (SSSR count). The zero-order chi connectivity index (χ0) is 11.3. The van der Waals surface area contributed by atoms with Crippen molar-refractivity contribution < 1.29 is 9.90 Å². The molecule has 0 spiro atoms. The van der Waals surface area contributed by atoms with Crippen LogP contribution in [0.25, 0.3) is 9.40 Å². The second-order valence-electron chi connectivity index (χ2n) is 4.42.